The first kappa shape index (κ1) is 34.6. The van der Waals surface area contributed by atoms with E-state index in [4.69, 9.17) is 19.1 Å². The molecule has 2 aromatic heterocycles. The second-order valence-electron chi connectivity index (χ2n) is 13.5. The Morgan fingerprint density at radius 3 is 2.55 bits per heavy atom. The van der Waals surface area contributed by atoms with Gasteiger partial charge in [-0.1, -0.05) is 6.07 Å². The van der Waals surface area contributed by atoms with Gasteiger partial charge in [-0.2, -0.15) is 4.98 Å². The number of likely N-dealkylation sites (tertiary alicyclic amines) is 1. The topological polar surface area (TPSA) is 161 Å². The van der Waals surface area contributed by atoms with Crippen molar-refractivity contribution in [2.45, 2.75) is 84.3 Å². The molecule has 5 heterocycles. The Hall–Kier alpha value is -4.27. The first-order chi connectivity index (χ1) is 23.6. The van der Waals surface area contributed by atoms with E-state index >= 15 is 0 Å². The molecule has 14 nitrogen and oxygen atoms in total. The monoisotopic (exact) mass is 675 g/mol. The molecule has 6 rings (SSSR count). The summed E-state index contributed by atoms with van der Waals surface area (Å²) in [6.07, 6.45) is 2.82. The predicted molar refractivity (Wildman–Crippen MR) is 185 cm³/mol. The van der Waals surface area contributed by atoms with Crippen molar-refractivity contribution in [2.24, 2.45) is 0 Å². The predicted octanol–water partition coefficient (Wildman–Crippen LogP) is 2.11. The fourth-order valence-corrected chi connectivity index (χ4v) is 6.67. The van der Waals surface area contributed by atoms with Crippen LogP contribution in [0.5, 0.6) is 5.75 Å². The van der Waals surface area contributed by atoms with Crippen molar-refractivity contribution in [1.29, 1.82) is 0 Å². The molecular weight excluding hydrogens is 626 g/mol. The van der Waals surface area contributed by atoms with Crippen molar-refractivity contribution in [1.82, 2.24) is 35.4 Å². The van der Waals surface area contributed by atoms with Crippen LogP contribution in [0.2, 0.25) is 0 Å². The van der Waals surface area contributed by atoms with E-state index in [0.717, 1.165) is 61.6 Å². The molecule has 0 unspecified atom stereocenters. The summed E-state index contributed by atoms with van der Waals surface area (Å²) in [7, 11) is 0. The molecule has 1 aromatic carbocycles. The Kier molecular flexibility index (Phi) is 11.0. The number of amides is 2. The van der Waals surface area contributed by atoms with Crippen LogP contribution in [0.15, 0.2) is 35.1 Å². The summed E-state index contributed by atoms with van der Waals surface area (Å²) in [5.74, 6) is 2.27. The number of aliphatic hydroxyl groups excluding tert-OH is 1. The van der Waals surface area contributed by atoms with Crippen LogP contribution >= 0.6 is 0 Å². The zero-order valence-corrected chi connectivity index (χ0v) is 28.9. The second kappa shape index (κ2) is 15.5. The molecule has 49 heavy (non-hydrogen) atoms. The summed E-state index contributed by atoms with van der Waals surface area (Å²) in [6, 6.07) is 8.01. The Labute approximate surface area is 287 Å². The number of fused-ring (bicyclic) bond motifs is 1. The largest absolute Gasteiger partial charge is 0.486 e. The van der Waals surface area contributed by atoms with Gasteiger partial charge in [0.25, 0.3) is 5.91 Å². The fraction of sp³-hybridized carbons (Fsp3) is 0.571. The Morgan fingerprint density at radius 1 is 1.08 bits per heavy atom. The number of aryl methyl sites for hydroxylation is 1. The molecule has 2 amide bonds. The maximum absolute atomic E-state index is 13.5. The van der Waals surface area contributed by atoms with E-state index in [0.29, 0.717) is 56.2 Å². The van der Waals surface area contributed by atoms with Crippen molar-refractivity contribution in [2.75, 3.05) is 56.0 Å². The minimum atomic E-state index is -0.808. The third-order valence-corrected chi connectivity index (χ3v) is 9.89. The van der Waals surface area contributed by atoms with E-state index in [-0.39, 0.29) is 36.1 Å². The van der Waals surface area contributed by atoms with Gasteiger partial charge in [-0.05, 0) is 63.3 Å². The van der Waals surface area contributed by atoms with Gasteiger partial charge in [0, 0.05) is 83.5 Å². The minimum absolute atomic E-state index is 0.0717. The third-order valence-electron chi connectivity index (χ3n) is 9.89. The Morgan fingerprint density at radius 2 is 1.86 bits per heavy atom. The molecule has 3 aliphatic heterocycles. The van der Waals surface area contributed by atoms with E-state index in [1.807, 2.05) is 30.0 Å². The molecule has 0 aliphatic carbocycles. The van der Waals surface area contributed by atoms with Crippen molar-refractivity contribution < 1.29 is 23.8 Å². The van der Waals surface area contributed by atoms with E-state index in [9.17, 15) is 14.7 Å². The van der Waals surface area contributed by atoms with Gasteiger partial charge in [0.1, 0.15) is 23.9 Å². The second-order valence-corrected chi connectivity index (χ2v) is 13.5. The number of nitrogens with one attached hydrogen (secondary N) is 3. The molecule has 0 spiro atoms. The molecule has 0 saturated carbocycles. The molecule has 3 aromatic rings. The lowest BCUT2D eigenvalue weighted by Gasteiger charge is -2.37. The molecule has 14 heteroatoms. The Balaban J connectivity index is 1.07. The number of rotatable bonds is 11. The van der Waals surface area contributed by atoms with E-state index in [1.54, 1.807) is 13.0 Å². The van der Waals surface area contributed by atoms with Crippen LogP contribution in [0, 0.1) is 6.92 Å². The number of anilines is 2. The molecule has 3 aliphatic rings. The van der Waals surface area contributed by atoms with Gasteiger partial charge in [0.05, 0.1) is 11.8 Å². The van der Waals surface area contributed by atoms with Crippen molar-refractivity contribution in [3.05, 3.63) is 58.9 Å². The van der Waals surface area contributed by atoms with Gasteiger partial charge in [-0.15, -0.1) is 0 Å². The normalized spacial score (nSPS) is 19.4. The number of hydrogen-bond acceptors (Lipinski definition) is 12. The van der Waals surface area contributed by atoms with Gasteiger partial charge in [-0.3, -0.25) is 14.5 Å². The van der Waals surface area contributed by atoms with E-state index < -0.39 is 6.10 Å². The van der Waals surface area contributed by atoms with Crippen molar-refractivity contribution in [3.8, 4) is 5.75 Å². The number of carbonyl (C=O) groups is 2. The highest BCUT2D eigenvalue weighted by molar-refractivity contribution is 5.93. The number of piperazine rings is 1. The lowest BCUT2D eigenvalue weighted by molar-refractivity contribution is -0.129. The Bertz CT molecular complexity index is 1600. The molecule has 0 bridgehead atoms. The highest BCUT2D eigenvalue weighted by Crippen LogP contribution is 2.25. The smallest absolute Gasteiger partial charge is 0.270 e. The molecule has 264 valence electrons. The van der Waals surface area contributed by atoms with E-state index in [2.05, 4.69) is 44.6 Å². The lowest BCUT2D eigenvalue weighted by Crippen LogP contribution is -2.50. The summed E-state index contributed by atoms with van der Waals surface area (Å²) in [5, 5.41) is 21.0. The molecule has 2 fully saturated rings. The zero-order valence-electron chi connectivity index (χ0n) is 28.9. The average molecular weight is 676 g/mol. The number of benzene rings is 1. The first-order valence-corrected chi connectivity index (χ1v) is 17.4. The van der Waals surface area contributed by atoms with Crippen LogP contribution in [-0.2, 0) is 24.4 Å². The van der Waals surface area contributed by atoms with Gasteiger partial charge < -0.3 is 40.0 Å². The van der Waals surface area contributed by atoms with Gasteiger partial charge in [-0.25, -0.2) is 9.97 Å². The standard InChI is InChI=1S/C35H49N9O5/c1-22(2)42-11-13-44(14-12-42)35-40-30(17-33(41-35)39-27-7-9-43(10-8-27)24(4)45)34(47)37-19-31(46)29-16-25-5-6-28(15-26(25)18-36-29)48-20-32-23(3)38-21-49-32/h5-6,15,17,21-22,27,29,31,36,46H,7-14,16,18-20H2,1-4H3,(H,37,47)(H,39,40,41)/t29-,31+/m0/s1. The summed E-state index contributed by atoms with van der Waals surface area (Å²) in [4.78, 5) is 45.4. The number of aliphatic hydroxyl groups is 1. The number of hydrogen-bond donors (Lipinski definition) is 4. The van der Waals surface area contributed by atoms with Crippen LogP contribution < -0.4 is 25.6 Å². The molecule has 2 saturated heterocycles. The van der Waals surface area contributed by atoms with Crippen LogP contribution in [0.1, 0.15) is 66.7 Å². The maximum atomic E-state index is 13.5. The van der Waals surface area contributed by atoms with Gasteiger partial charge in [0.2, 0.25) is 11.9 Å². The third kappa shape index (κ3) is 8.67. The maximum Gasteiger partial charge on any atom is 0.270 e. The number of oxazole rings is 1. The SMILES string of the molecule is CC(=O)N1CCC(Nc2cc(C(=O)NC[C@@H](O)[C@@H]3Cc4ccc(OCc5ocnc5C)cc4CN3)nc(N3CCN(C(C)C)CC3)n2)CC1. The first-order valence-electron chi connectivity index (χ1n) is 17.4. The lowest BCUT2D eigenvalue weighted by atomic mass is 9.92. The summed E-state index contributed by atoms with van der Waals surface area (Å²) < 4.78 is 11.3. The molecule has 4 N–H and O–H groups in total. The van der Waals surface area contributed by atoms with Crippen LogP contribution in [0.4, 0.5) is 11.8 Å². The average Bonchev–Trinajstić information content (AvgIpc) is 3.53. The highest BCUT2D eigenvalue weighted by atomic mass is 16.5. The molecular formula is C35H49N9O5. The zero-order chi connectivity index (χ0) is 34.5. The molecule has 2 atom stereocenters. The quantitative estimate of drug-likeness (QED) is 0.235. The number of nitrogens with zero attached hydrogens (tertiary/aromatic N) is 6. The van der Waals surface area contributed by atoms with Crippen LogP contribution in [-0.4, -0.2) is 112 Å². The van der Waals surface area contributed by atoms with Crippen LogP contribution in [0.3, 0.4) is 0 Å². The summed E-state index contributed by atoms with van der Waals surface area (Å²) >= 11 is 0. The van der Waals surface area contributed by atoms with Crippen LogP contribution in [0.25, 0.3) is 0 Å². The van der Waals surface area contributed by atoms with Gasteiger partial charge >= 0.3 is 0 Å². The summed E-state index contributed by atoms with van der Waals surface area (Å²) in [5.41, 5.74) is 3.29. The number of aromatic nitrogens is 3. The number of carbonyl (C=O) groups excluding carboxylic acids is 2. The number of ether oxygens (including phenoxy) is 1. The van der Waals surface area contributed by atoms with Gasteiger partial charge in [0.15, 0.2) is 12.2 Å². The van der Waals surface area contributed by atoms with Crippen molar-refractivity contribution >= 4 is 23.6 Å². The van der Waals surface area contributed by atoms with Crippen molar-refractivity contribution in [3.63, 3.8) is 0 Å². The fourth-order valence-electron chi connectivity index (χ4n) is 6.67. The minimum Gasteiger partial charge on any atom is -0.486 e. The number of piperidine rings is 1. The summed E-state index contributed by atoms with van der Waals surface area (Å²) in [6.45, 7) is 13.5. The van der Waals surface area contributed by atoms with E-state index in [1.165, 1.54) is 6.39 Å². The highest BCUT2D eigenvalue weighted by Gasteiger charge is 2.28. The molecule has 0 radical (unpaired) electrons.